The maximum absolute atomic E-state index is 5.87. The maximum Gasteiger partial charge on any atom is 0.128 e. The molecule has 0 unspecified atom stereocenters. The zero-order valence-electron chi connectivity index (χ0n) is 21.7. The molecule has 1 aliphatic heterocycles. The van der Waals surface area contributed by atoms with E-state index in [1.807, 2.05) is 0 Å². The van der Waals surface area contributed by atoms with Gasteiger partial charge in [0.1, 0.15) is 5.75 Å². The number of pyridine rings is 1. The van der Waals surface area contributed by atoms with Crippen LogP contribution < -0.4 is 9.64 Å². The van der Waals surface area contributed by atoms with Crippen LogP contribution in [0.2, 0.25) is 0 Å². The van der Waals surface area contributed by atoms with Crippen LogP contribution in [0.3, 0.4) is 0 Å². The van der Waals surface area contributed by atoms with E-state index in [4.69, 9.17) is 19.3 Å². The van der Waals surface area contributed by atoms with Crippen molar-refractivity contribution in [1.29, 1.82) is 0 Å². The highest BCUT2D eigenvalue weighted by Crippen LogP contribution is 2.39. The summed E-state index contributed by atoms with van der Waals surface area (Å²) in [5, 5.41) is 5.19. The molecule has 0 bridgehead atoms. The molecule has 6 heteroatoms. The number of hydrogen-bond donors (Lipinski definition) is 0. The Kier molecular flexibility index (Phi) is 7.30. The molecule has 188 valence electrons. The molecule has 2 aromatic heterocycles. The van der Waals surface area contributed by atoms with Crippen molar-refractivity contribution in [2.75, 3.05) is 45.4 Å². The fraction of sp³-hybridized carbons (Fsp3) is 0.552. The van der Waals surface area contributed by atoms with Crippen LogP contribution in [0.15, 0.2) is 30.3 Å². The number of rotatable bonds is 10. The molecule has 0 radical (unpaired) electrons. The molecule has 0 N–H and O–H groups in total. The van der Waals surface area contributed by atoms with E-state index in [2.05, 4.69) is 53.6 Å². The lowest BCUT2D eigenvalue weighted by atomic mass is 9.98. The van der Waals surface area contributed by atoms with Crippen molar-refractivity contribution < 1.29 is 14.2 Å². The van der Waals surface area contributed by atoms with Crippen molar-refractivity contribution in [3.8, 4) is 17.0 Å². The SMILES string of the molecule is CCc1nn2c(-c3c(C)cc(COC)cc3OC)cccc2c1N(CC1CCOCC1)CC1CC1. The maximum atomic E-state index is 5.87. The summed E-state index contributed by atoms with van der Waals surface area (Å²) in [6.45, 7) is 8.93. The molecule has 5 rings (SSSR count). The minimum absolute atomic E-state index is 0.565. The van der Waals surface area contributed by atoms with Gasteiger partial charge in [-0.2, -0.15) is 5.10 Å². The van der Waals surface area contributed by atoms with Gasteiger partial charge in [0.15, 0.2) is 0 Å². The van der Waals surface area contributed by atoms with Gasteiger partial charge in [-0.05, 0) is 80.2 Å². The van der Waals surface area contributed by atoms with Crippen LogP contribution in [-0.4, -0.2) is 50.1 Å². The number of ether oxygens (including phenoxy) is 3. The van der Waals surface area contributed by atoms with Crippen LogP contribution in [0, 0.1) is 18.8 Å². The summed E-state index contributed by atoms with van der Waals surface area (Å²) in [6, 6.07) is 10.8. The third-order valence-electron chi connectivity index (χ3n) is 7.49. The van der Waals surface area contributed by atoms with Gasteiger partial charge in [0, 0.05) is 39.0 Å². The van der Waals surface area contributed by atoms with Crippen molar-refractivity contribution in [1.82, 2.24) is 9.61 Å². The summed E-state index contributed by atoms with van der Waals surface area (Å²) in [4.78, 5) is 2.66. The second-order valence-corrected chi connectivity index (χ2v) is 10.2. The van der Waals surface area contributed by atoms with E-state index >= 15 is 0 Å². The molecule has 3 aromatic rings. The fourth-order valence-electron chi connectivity index (χ4n) is 5.55. The van der Waals surface area contributed by atoms with Crippen LogP contribution in [-0.2, 0) is 22.5 Å². The summed E-state index contributed by atoms with van der Waals surface area (Å²) in [6.07, 6.45) is 5.91. The van der Waals surface area contributed by atoms with E-state index in [1.165, 1.54) is 29.7 Å². The zero-order chi connectivity index (χ0) is 24.4. The summed E-state index contributed by atoms with van der Waals surface area (Å²) >= 11 is 0. The fourth-order valence-corrected chi connectivity index (χ4v) is 5.55. The van der Waals surface area contributed by atoms with Gasteiger partial charge < -0.3 is 19.1 Å². The summed E-state index contributed by atoms with van der Waals surface area (Å²) in [5.41, 5.74) is 8.12. The van der Waals surface area contributed by atoms with Crippen LogP contribution >= 0.6 is 0 Å². The molecule has 1 saturated heterocycles. The molecule has 0 atom stereocenters. The predicted octanol–water partition coefficient (Wildman–Crippen LogP) is 5.67. The first kappa shape index (κ1) is 24.1. The molecule has 2 aliphatic rings. The van der Waals surface area contributed by atoms with E-state index < -0.39 is 0 Å². The standard InChI is InChI=1S/C29H39N3O3/c1-5-24-29(31(17-21-9-10-21)18-22-11-13-35-14-12-22)26-8-6-7-25(32(26)30-24)28-20(2)15-23(19-33-3)16-27(28)34-4/h6-8,15-16,21-22H,5,9-14,17-19H2,1-4H3. The first-order valence-corrected chi connectivity index (χ1v) is 13.1. The Balaban J connectivity index is 1.61. The number of anilines is 1. The smallest absolute Gasteiger partial charge is 0.128 e. The third-order valence-corrected chi connectivity index (χ3v) is 7.49. The Morgan fingerprint density at radius 2 is 1.80 bits per heavy atom. The van der Waals surface area contributed by atoms with Gasteiger partial charge in [-0.1, -0.05) is 19.1 Å². The molecule has 1 aliphatic carbocycles. The molecule has 0 amide bonds. The van der Waals surface area contributed by atoms with E-state index in [-0.39, 0.29) is 0 Å². The van der Waals surface area contributed by atoms with E-state index in [0.717, 1.165) is 79.6 Å². The highest BCUT2D eigenvalue weighted by molar-refractivity contribution is 5.81. The van der Waals surface area contributed by atoms with Gasteiger partial charge >= 0.3 is 0 Å². The number of nitrogens with zero attached hydrogens (tertiary/aromatic N) is 3. The average Bonchev–Trinajstić information content (AvgIpc) is 3.60. The van der Waals surface area contributed by atoms with Gasteiger partial charge in [0.05, 0.1) is 36.3 Å². The lowest BCUT2D eigenvalue weighted by molar-refractivity contribution is 0.0682. The number of methoxy groups -OCH3 is 2. The Hall–Kier alpha value is -2.57. The second-order valence-electron chi connectivity index (χ2n) is 10.2. The molecular formula is C29H39N3O3. The van der Waals surface area contributed by atoms with E-state index in [9.17, 15) is 0 Å². The van der Waals surface area contributed by atoms with Crippen molar-refractivity contribution in [3.05, 3.63) is 47.2 Å². The summed E-state index contributed by atoms with van der Waals surface area (Å²) in [5.74, 6) is 2.35. The Morgan fingerprint density at radius 3 is 2.46 bits per heavy atom. The highest BCUT2D eigenvalue weighted by atomic mass is 16.5. The van der Waals surface area contributed by atoms with Gasteiger partial charge in [-0.3, -0.25) is 0 Å². The monoisotopic (exact) mass is 477 g/mol. The molecule has 35 heavy (non-hydrogen) atoms. The van der Waals surface area contributed by atoms with Crippen molar-refractivity contribution in [3.63, 3.8) is 0 Å². The second kappa shape index (κ2) is 10.6. The van der Waals surface area contributed by atoms with Gasteiger partial charge in [0.25, 0.3) is 0 Å². The van der Waals surface area contributed by atoms with Crippen molar-refractivity contribution >= 4 is 11.2 Å². The van der Waals surface area contributed by atoms with E-state index in [1.54, 1.807) is 14.2 Å². The lowest BCUT2D eigenvalue weighted by Gasteiger charge is -2.31. The number of aromatic nitrogens is 2. The van der Waals surface area contributed by atoms with Crippen LogP contribution in [0.1, 0.15) is 49.4 Å². The zero-order valence-corrected chi connectivity index (χ0v) is 21.7. The van der Waals surface area contributed by atoms with E-state index in [0.29, 0.717) is 12.5 Å². The highest BCUT2D eigenvalue weighted by Gasteiger charge is 2.30. The number of benzene rings is 1. The molecule has 2 fully saturated rings. The number of hydrogen-bond acceptors (Lipinski definition) is 5. The Morgan fingerprint density at radius 1 is 1.06 bits per heavy atom. The lowest BCUT2D eigenvalue weighted by Crippen LogP contribution is -2.34. The van der Waals surface area contributed by atoms with Crippen molar-refractivity contribution in [2.45, 2.75) is 52.6 Å². The third kappa shape index (κ3) is 5.05. The van der Waals surface area contributed by atoms with Crippen molar-refractivity contribution in [2.24, 2.45) is 11.8 Å². The number of aryl methyl sites for hydroxylation is 2. The normalized spacial score (nSPS) is 16.7. The first-order valence-electron chi connectivity index (χ1n) is 13.1. The summed E-state index contributed by atoms with van der Waals surface area (Å²) in [7, 11) is 3.47. The van der Waals surface area contributed by atoms with Gasteiger partial charge in [0.2, 0.25) is 0 Å². The summed E-state index contributed by atoms with van der Waals surface area (Å²) < 4.78 is 19.0. The first-order chi connectivity index (χ1) is 17.1. The van der Waals surface area contributed by atoms with Gasteiger partial charge in [-0.15, -0.1) is 0 Å². The molecule has 6 nitrogen and oxygen atoms in total. The Labute approximate surface area is 209 Å². The van der Waals surface area contributed by atoms with Crippen LogP contribution in [0.25, 0.3) is 16.8 Å². The minimum Gasteiger partial charge on any atom is -0.496 e. The molecule has 1 aromatic carbocycles. The predicted molar refractivity (Wildman–Crippen MR) is 140 cm³/mol. The number of fused-ring (bicyclic) bond motifs is 1. The minimum atomic E-state index is 0.565. The van der Waals surface area contributed by atoms with Crippen LogP contribution in [0.5, 0.6) is 5.75 Å². The quantitative estimate of drug-likeness (QED) is 0.377. The molecule has 3 heterocycles. The molecule has 1 saturated carbocycles. The molecule has 0 spiro atoms. The topological polar surface area (TPSA) is 48.2 Å². The van der Waals surface area contributed by atoms with Gasteiger partial charge in [-0.25, -0.2) is 4.52 Å². The average molecular weight is 478 g/mol. The van der Waals surface area contributed by atoms with Crippen LogP contribution in [0.4, 0.5) is 5.69 Å². The largest absolute Gasteiger partial charge is 0.496 e. The molecular weight excluding hydrogens is 438 g/mol. The Bertz CT molecular complexity index is 1160.